The van der Waals surface area contributed by atoms with Gasteiger partial charge in [0.05, 0.1) is 11.7 Å². The van der Waals surface area contributed by atoms with Crippen LogP contribution >= 0.6 is 0 Å². The van der Waals surface area contributed by atoms with Crippen LogP contribution in [0.5, 0.6) is 5.75 Å². The molecule has 1 fully saturated rings. The number of aromatic hydroxyl groups is 1. The Hall–Kier alpha value is -3.17. The summed E-state index contributed by atoms with van der Waals surface area (Å²) >= 11 is 0. The van der Waals surface area contributed by atoms with Gasteiger partial charge in [-0.3, -0.25) is 18.7 Å². The molecule has 0 spiro atoms. The lowest BCUT2D eigenvalue weighted by molar-refractivity contribution is 0.171. The van der Waals surface area contributed by atoms with Crippen molar-refractivity contribution in [1.82, 2.24) is 19.4 Å². The molecule has 1 unspecified atom stereocenters. The Labute approximate surface area is 190 Å². The van der Waals surface area contributed by atoms with Gasteiger partial charge in [-0.25, -0.2) is 4.39 Å². The zero-order chi connectivity index (χ0) is 23.1. The van der Waals surface area contributed by atoms with Gasteiger partial charge in [0, 0.05) is 50.2 Å². The number of pyridine rings is 2. The van der Waals surface area contributed by atoms with Crippen LogP contribution in [0.15, 0.2) is 46.0 Å². The summed E-state index contributed by atoms with van der Waals surface area (Å²) in [5.41, 5.74) is 1.74. The molecule has 0 bridgehead atoms. The van der Waals surface area contributed by atoms with Crippen molar-refractivity contribution in [2.45, 2.75) is 38.0 Å². The highest BCUT2D eigenvalue weighted by Crippen LogP contribution is 2.28. The van der Waals surface area contributed by atoms with Crippen molar-refractivity contribution in [3.05, 3.63) is 68.5 Å². The van der Waals surface area contributed by atoms with Gasteiger partial charge in [0.15, 0.2) is 11.6 Å². The molecule has 3 N–H and O–H groups in total. The van der Waals surface area contributed by atoms with Crippen molar-refractivity contribution in [2.75, 3.05) is 32.0 Å². The number of hydrogen-bond donors (Lipinski definition) is 3. The molecule has 0 saturated carbocycles. The molecule has 0 radical (unpaired) electrons. The predicted molar refractivity (Wildman–Crippen MR) is 125 cm³/mol. The van der Waals surface area contributed by atoms with Crippen LogP contribution in [0.2, 0.25) is 0 Å². The normalized spacial score (nSPS) is 18.8. The van der Waals surface area contributed by atoms with E-state index in [-0.39, 0.29) is 22.9 Å². The van der Waals surface area contributed by atoms with Crippen molar-refractivity contribution in [1.29, 1.82) is 0 Å². The lowest BCUT2D eigenvalue weighted by atomic mass is 10.0. The molecule has 2 aliphatic rings. The Kier molecular flexibility index (Phi) is 5.67. The number of halogens is 1. The molecule has 3 aromatic rings. The summed E-state index contributed by atoms with van der Waals surface area (Å²) in [6.07, 6.45) is 1.89. The maximum absolute atomic E-state index is 13.9. The average Bonchev–Trinajstić information content (AvgIpc) is 3.20. The predicted octanol–water partition coefficient (Wildman–Crippen LogP) is 1.86. The van der Waals surface area contributed by atoms with E-state index in [1.807, 2.05) is 0 Å². The molecule has 2 aromatic heterocycles. The van der Waals surface area contributed by atoms with E-state index >= 15 is 0 Å². The molecule has 1 atom stereocenters. The molecule has 5 rings (SSSR count). The van der Waals surface area contributed by atoms with Gasteiger partial charge in [-0.15, -0.1) is 0 Å². The van der Waals surface area contributed by atoms with E-state index in [1.54, 1.807) is 46.5 Å². The van der Waals surface area contributed by atoms with E-state index in [0.717, 1.165) is 49.1 Å². The molecular formula is C24H28FN5O3. The number of phenolic OH excluding ortho intramolecular Hbond substituents is 1. The van der Waals surface area contributed by atoms with Gasteiger partial charge in [-0.05, 0) is 55.8 Å². The number of piperidine rings is 1. The van der Waals surface area contributed by atoms with E-state index in [1.165, 1.54) is 6.07 Å². The van der Waals surface area contributed by atoms with Gasteiger partial charge in [-0.2, -0.15) is 0 Å². The van der Waals surface area contributed by atoms with Gasteiger partial charge < -0.3 is 20.6 Å². The van der Waals surface area contributed by atoms with Crippen molar-refractivity contribution in [3.63, 3.8) is 0 Å². The van der Waals surface area contributed by atoms with Gasteiger partial charge in [0.25, 0.3) is 11.1 Å². The minimum Gasteiger partial charge on any atom is -0.503 e. The molecule has 2 aliphatic heterocycles. The first-order valence-corrected chi connectivity index (χ1v) is 11.3. The van der Waals surface area contributed by atoms with Gasteiger partial charge >= 0.3 is 0 Å². The third-order valence-corrected chi connectivity index (χ3v) is 6.86. The maximum Gasteiger partial charge on any atom is 0.252 e. The fraction of sp³-hybridized carbons (Fsp3) is 0.417. The quantitative estimate of drug-likeness (QED) is 0.494. The van der Waals surface area contributed by atoms with Crippen LogP contribution in [0, 0.1) is 5.82 Å². The molecule has 1 aromatic carbocycles. The lowest BCUT2D eigenvalue weighted by Gasteiger charge is -2.34. The summed E-state index contributed by atoms with van der Waals surface area (Å²) in [5.74, 6) is -0.990. The number of benzene rings is 1. The van der Waals surface area contributed by atoms with E-state index in [2.05, 4.69) is 15.5 Å². The van der Waals surface area contributed by atoms with Gasteiger partial charge in [-0.1, -0.05) is 0 Å². The molecule has 8 nitrogen and oxygen atoms in total. The third-order valence-electron chi connectivity index (χ3n) is 6.86. The number of anilines is 1. The average molecular weight is 454 g/mol. The van der Waals surface area contributed by atoms with E-state index in [4.69, 9.17) is 0 Å². The summed E-state index contributed by atoms with van der Waals surface area (Å²) in [5, 5.41) is 16.9. The number of rotatable bonds is 6. The third kappa shape index (κ3) is 4.02. The van der Waals surface area contributed by atoms with Gasteiger partial charge in [0.1, 0.15) is 5.65 Å². The second kappa shape index (κ2) is 8.64. The minimum absolute atomic E-state index is 0.0549. The fourth-order valence-electron chi connectivity index (χ4n) is 5.12. The van der Waals surface area contributed by atoms with Crippen LogP contribution in [0.1, 0.15) is 24.4 Å². The lowest BCUT2D eigenvalue weighted by Crippen LogP contribution is -2.44. The summed E-state index contributed by atoms with van der Waals surface area (Å²) in [4.78, 5) is 27.3. The Balaban J connectivity index is 1.20. The largest absolute Gasteiger partial charge is 0.503 e. The molecule has 174 valence electrons. The second-order valence-electron chi connectivity index (χ2n) is 8.94. The van der Waals surface area contributed by atoms with Crippen LogP contribution in [0.3, 0.4) is 0 Å². The Morgan fingerprint density at radius 1 is 1.09 bits per heavy atom. The maximum atomic E-state index is 13.9. The van der Waals surface area contributed by atoms with Crippen molar-refractivity contribution < 1.29 is 9.50 Å². The number of nitrogens with zero attached hydrogens (tertiary/aromatic N) is 3. The van der Waals surface area contributed by atoms with Gasteiger partial charge in [0.2, 0.25) is 0 Å². The molecule has 33 heavy (non-hydrogen) atoms. The molecule has 0 aliphatic carbocycles. The SMILES string of the molecule is CNc1cc(CNC2CCN(CC3Cn4c(=O)ccc5ccc(=O)n3c54)CC2)cc(F)c1O. The van der Waals surface area contributed by atoms with Crippen molar-refractivity contribution in [3.8, 4) is 5.75 Å². The van der Waals surface area contributed by atoms with E-state index < -0.39 is 5.82 Å². The summed E-state index contributed by atoms with van der Waals surface area (Å²) in [6, 6.07) is 10.1. The van der Waals surface area contributed by atoms with E-state index in [9.17, 15) is 19.1 Å². The summed E-state index contributed by atoms with van der Waals surface area (Å²) < 4.78 is 17.4. The molecule has 0 amide bonds. The van der Waals surface area contributed by atoms with Crippen molar-refractivity contribution >= 4 is 16.7 Å². The van der Waals surface area contributed by atoms with Crippen LogP contribution in [0.4, 0.5) is 10.1 Å². The summed E-state index contributed by atoms with van der Waals surface area (Å²) in [7, 11) is 1.65. The standard InChI is InChI=1S/C24H28FN5O3/c1-26-20-11-15(10-19(25)23(20)33)12-27-17-6-8-28(9-7-17)13-18-14-29-21(31)4-2-16-3-5-22(32)30(18)24(16)29/h2-5,10-11,17-18,26-27,33H,6-9,12-14H2,1H3. The molecular weight excluding hydrogens is 425 g/mol. The zero-order valence-corrected chi connectivity index (χ0v) is 18.6. The van der Waals surface area contributed by atoms with Crippen LogP contribution in [0.25, 0.3) is 11.0 Å². The first-order chi connectivity index (χ1) is 15.9. The molecule has 4 heterocycles. The van der Waals surface area contributed by atoms with Crippen molar-refractivity contribution in [2.24, 2.45) is 0 Å². The van der Waals surface area contributed by atoms with E-state index in [0.29, 0.717) is 24.8 Å². The monoisotopic (exact) mass is 453 g/mol. The Morgan fingerprint density at radius 3 is 2.55 bits per heavy atom. The number of nitrogens with one attached hydrogen (secondary N) is 2. The minimum atomic E-state index is -0.629. The second-order valence-corrected chi connectivity index (χ2v) is 8.94. The first-order valence-electron chi connectivity index (χ1n) is 11.3. The molecule has 1 saturated heterocycles. The smallest absolute Gasteiger partial charge is 0.252 e. The topological polar surface area (TPSA) is 91.5 Å². The highest BCUT2D eigenvalue weighted by Gasteiger charge is 2.29. The highest BCUT2D eigenvalue weighted by molar-refractivity contribution is 5.76. The molecule has 9 heteroatoms. The number of aromatic nitrogens is 2. The first kappa shape index (κ1) is 21.7. The van der Waals surface area contributed by atoms with Crippen LogP contribution < -0.4 is 21.8 Å². The van der Waals surface area contributed by atoms with Crippen LogP contribution in [-0.2, 0) is 13.1 Å². The summed E-state index contributed by atoms with van der Waals surface area (Å²) in [6.45, 7) is 3.54. The Morgan fingerprint density at radius 2 is 1.82 bits per heavy atom. The number of phenols is 1. The zero-order valence-electron chi connectivity index (χ0n) is 18.6. The number of likely N-dealkylation sites (tertiary alicyclic amines) is 1. The highest BCUT2D eigenvalue weighted by atomic mass is 19.1. The Bertz CT molecular complexity index is 1300. The fourth-order valence-corrected chi connectivity index (χ4v) is 5.12. The van der Waals surface area contributed by atoms with Crippen LogP contribution in [-0.4, -0.2) is 51.9 Å². The number of hydrogen-bond acceptors (Lipinski definition) is 6.